The number of aliphatic hydroxyl groups is 1. The zero-order valence-corrected chi connectivity index (χ0v) is 16.2. The number of rotatable bonds is 6. The Kier molecular flexibility index (Phi) is 5.13. The lowest BCUT2D eigenvalue weighted by Gasteiger charge is -2.15. The summed E-state index contributed by atoms with van der Waals surface area (Å²) in [5, 5.41) is 10.9. The molecule has 142 valence electrons. The first kappa shape index (κ1) is 18.3. The van der Waals surface area contributed by atoms with Crippen LogP contribution in [0.25, 0.3) is 11.0 Å². The molecule has 1 aromatic heterocycles. The van der Waals surface area contributed by atoms with Gasteiger partial charge in [0.05, 0.1) is 17.6 Å². The van der Waals surface area contributed by atoms with Gasteiger partial charge in [0.25, 0.3) is 0 Å². The molecule has 0 aliphatic carbocycles. The van der Waals surface area contributed by atoms with E-state index in [0.717, 1.165) is 27.9 Å². The lowest BCUT2D eigenvalue weighted by atomic mass is 10.1. The highest BCUT2D eigenvalue weighted by atomic mass is 16.5. The minimum Gasteiger partial charge on any atom is -0.491 e. The zero-order chi connectivity index (χ0) is 19.5. The highest BCUT2D eigenvalue weighted by Crippen LogP contribution is 2.26. The van der Waals surface area contributed by atoms with Gasteiger partial charge >= 0.3 is 0 Å². The Bertz CT molecular complexity index is 1090. The third-order valence-corrected chi connectivity index (χ3v) is 4.95. The van der Waals surface area contributed by atoms with Crippen molar-refractivity contribution in [1.29, 1.82) is 0 Å². The van der Waals surface area contributed by atoms with Gasteiger partial charge in [-0.3, -0.25) is 0 Å². The Morgan fingerprint density at radius 2 is 1.71 bits per heavy atom. The standard InChI is InChI=1S/C24H24N2O2/c1-17-12-13-22(18(2)16-17)28-15-14-26-21-11-7-6-10-20(21)25-24(26)23(27)19-8-4-3-5-9-19/h3-13,16,23,27H,14-15H2,1-2H3. The summed E-state index contributed by atoms with van der Waals surface area (Å²) in [7, 11) is 0. The molecule has 0 fully saturated rings. The lowest BCUT2D eigenvalue weighted by molar-refractivity contribution is 0.201. The number of aryl methyl sites for hydroxylation is 2. The summed E-state index contributed by atoms with van der Waals surface area (Å²) in [4.78, 5) is 4.70. The fourth-order valence-electron chi connectivity index (χ4n) is 3.53. The van der Waals surface area contributed by atoms with Gasteiger partial charge < -0.3 is 14.4 Å². The van der Waals surface area contributed by atoms with Crippen LogP contribution in [-0.2, 0) is 6.54 Å². The van der Waals surface area contributed by atoms with E-state index in [1.165, 1.54) is 5.56 Å². The number of imidazole rings is 1. The van der Waals surface area contributed by atoms with Crippen molar-refractivity contribution in [1.82, 2.24) is 9.55 Å². The summed E-state index contributed by atoms with van der Waals surface area (Å²) in [6.07, 6.45) is -0.783. The summed E-state index contributed by atoms with van der Waals surface area (Å²) in [5.41, 5.74) is 5.05. The van der Waals surface area contributed by atoms with Crippen molar-refractivity contribution in [2.24, 2.45) is 0 Å². The molecule has 4 aromatic rings. The van der Waals surface area contributed by atoms with Gasteiger partial charge in [-0.05, 0) is 43.2 Å². The van der Waals surface area contributed by atoms with Crippen LogP contribution in [0.3, 0.4) is 0 Å². The second-order valence-electron chi connectivity index (χ2n) is 7.04. The van der Waals surface area contributed by atoms with Crippen molar-refractivity contribution in [3.05, 3.63) is 95.3 Å². The average molecular weight is 372 g/mol. The Morgan fingerprint density at radius 1 is 0.964 bits per heavy atom. The van der Waals surface area contributed by atoms with Crippen LogP contribution in [-0.4, -0.2) is 21.3 Å². The van der Waals surface area contributed by atoms with E-state index in [0.29, 0.717) is 19.0 Å². The van der Waals surface area contributed by atoms with Gasteiger partial charge in [-0.1, -0.05) is 60.2 Å². The van der Waals surface area contributed by atoms with Crippen LogP contribution in [0.5, 0.6) is 5.75 Å². The highest BCUT2D eigenvalue weighted by molar-refractivity contribution is 5.76. The SMILES string of the molecule is Cc1ccc(OCCn2c(C(O)c3ccccc3)nc3ccccc32)c(C)c1. The number of hydrogen-bond donors (Lipinski definition) is 1. The minimum absolute atomic E-state index is 0.499. The van der Waals surface area contributed by atoms with Crippen molar-refractivity contribution in [2.75, 3.05) is 6.61 Å². The number of ether oxygens (including phenoxy) is 1. The average Bonchev–Trinajstić information content (AvgIpc) is 3.08. The van der Waals surface area contributed by atoms with E-state index in [1.54, 1.807) is 0 Å². The second-order valence-corrected chi connectivity index (χ2v) is 7.04. The summed E-state index contributed by atoms with van der Waals surface area (Å²) < 4.78 is 8.08. The Morgan fingerprint density at radius 3 is 2.50 bits per heavy atom. The third kappa shape index (κ3) is 3.64. The van der Waals surface area contributed by atoms with Crippen molar-refractivity contribution in [3.63, 3.8) is 0 Å². The van der Waals surface area contributed by atoms with Crippen LogP contribution >= 0.6 is 0 Å². The third-order valence-electron chi connectivity index (χ3n) is 4.95. The summed E-state index contributed by atoms with van der Waals surface area (Å²) in [6, 6.07) is 23.8. The molecular weight excluding hydrogens is 348 g/mol. The quantitative estimate of drug-likeness (QED) is 0.528. The molecule has 3 aromatic carbocycles. The topological polar surface area (TPSA) is 47.3 Å². The minimum atomic E-state index is -0.783. The van der Waals surface area contributed by atoms with E-state index in [-0.39, 0.29) is 0 Å². The monoisotopic (exact) mass is 372 g/mol. The van der Waals surface area contributed by atoms with Crippen LogP contribution in [0.15, 0.2) is 72.8 Å². The molecule has 1 heterocycles. The van der Waals surface area contributed by atoms with Gasteiger partial charge in [0.15, 0.2) is 0 Å². The number of nitrogens with zero attached hydrogens (tertiary/aromatic N) is 2. The van der Waals surface area contributed by atoms with Gasteiger partial charge in [0.2, 0.25) is 0 Å². The molecular formula is C24H24N2O2. The molecule has 0 saturated heterocycles. The fourth-order valence-corrected chi connectivity index (χ4v) is 3.53. The predicted octanol–water partition coefficient (Wildman–Crippen LogP) is 4.81. The number of benzene rings is 3. The Balaban J connectivity index is 1.62. The smallest absolute Gasteiger partial charge is 0.143 e. The number of aliphatic hydroxyl groups excluding tert-OH is 1. The molecule has 0 aliphatic rings. The molecule has 0 aliphatic heterocycles. The van der Waals surface area contributed by atoms with Crippen LogP contribution in [0.2, 0.25) is 0 Å². The van der Waals surface area contributed by atoms with Crippen molar-refractivity contribution in [2.45, 2.75) is 26.5 Å². The van der Waals surface area contributed by atoms with Crippen LogP contribution < -0.4 is 4.74 Å². The molecule has 0 radical (unpaired) electrons. The van der Waals surface area contributed by atoms with Crippen LogP contribution in [0, 0.1) is 13.8 Å². The first-order chi connectivity index (χ1) is 13.6. The molecule has 0 bridgehead atoms. The van der Waals surface area contributed by atoms with E-state index in [4.69, 9.17) is 9.72 Å². The van der Waals surface area contributed by atoms with Crippen molar-refractivity contribution < 1.29 is 9.84 Å². The normalized spacial score (nSPS) is 12.2. The highest BCUT2D eigenvalue weighted by Gasteiger charge is 2.19. The predicted molar refractivity (Wildman–Crippen MR) is 112 cm³/mol. The van der Waals surface area contributed by atoms with Crippen molar-refractivity contribution >= 4 is 11.0 Å². The number of aromatic nitrogens is 2. The van der Waals surface area contributed by atoms with E-state index in [2.05, 4.69) is 30.5 Å². The first-order valence-corrected chi connectivity index (χ1v) is 9.52. The maximum absolute atomic E-state index is 10.9. The van der Waals surface area contributed by atoms with Crippen molar-refractivity contribution in [3.8, 4) is 5.75 Å². The van der Waals surface area contributed by atoms with Gasteiger partial charge in [-0.15, -0.1) is 0 Å². The molecule has 0 spiro atoms. The van der Waals surface area contributed by atoms with Gasteiger partial charge in [0.1, 0.15) is 24.3 Å². The maximum Gasteiger partial charge on any atom is 0.143 e. The number of hydrogen-bond acceptors (Lipinski definition) is 3. The van der Waals surface area contributed by atoms with E-state index < -0.39 is 6.10 Å². The molecule has 1 unspecified atom stereocenters. The summed E-state index contributed by atoms with van der Waals surface area (Å²) in [5.74, 6) is 1.52. The molecule has 4 heteroatoms. The van der Waals surface area contributed by atoms with E-state index in [9.17, 15) is 5.11 Å². The molecule has 1 N–H and O–H groups in total. The molecule has 0 saturated carbocycles. The Labute approximate surface area is 165 Å². The second kappa shape index (κ2) is 7.87. The molecule has 1 atom stereocenters. The van der Waals surface area contributed by atoms with E-state index >= 15 is 0 Å². The number of para-hydroxylation sites is 2. The van der Waals surface area contributed by atoms with Gasteiger partial charge in [-0.2, -0.15) is 0 Å². The molecule has 4 nitrogen and oxygen atoms in total. The van der Waals surface area contributed by atoms with Crippen LogP contribution in [0.4, 0.5) is 0 Å². The number of fused-ring (bicyclic) bond motifs is 1. The van der Waals surface area contributed by atoms with Gasteiger partial charge in [-0.25, -0.2) is 4.98 Å². The maximum atomic E-state index is 10.9. The molecule has 28 heavy (non-hydrogen) atoms. The van der Waals surface area contributed by atoms with Crippen LogP contribution in [0.1, 0.15) is 28.6 Å². The fraction of sp³-hybridized carbons (Fsp3) is 0.208. The molecule has 4 rings (SSSR count). The largest absolute Gasteiger partial charge is 0.491 e. The van der Waals surface area contributed by atoms with Gasteiger partial charge in [0, 0.05) is 0 Å². The zero-order valence-electron chi connectivity index (χ0n) is 16.2. The summed E-state index contributed by atoms with van der Waals surface area (Å²) >= 11 is 0. The van der Waals surface area contributed by atoms with E-state index in [1.807, 2.05) is 60.7 Å². The lowest BCUT2D eigenvalue weighted by Crippen LogP contribution is -2.15. The Hall–Kier alpha value is -3.11. The molecule has 0 amide bonds. The first-order valence-electron chi connectivity index (χ1n) is 9.52. The summed E-state index contributed by atoms with van der Waals surface area (Å²) in [6.45, 7) is 5.23.